The van der Waals surface area contributed by atoms with Gasteiger partial charge in [0.25, 0.3) is 5.91 Å². The van der Waals surface area contributed by atoms with Gasteiger partial charge in [-0.25, -0.2) is 4.98 Å². The first-order chi connectivity index (χ1) is 15.4. The second-order valence-electron chi connectivity index (χ2n) is 7.31. The molecule has 0 saturated carbocycles. The molecular weight excluding hydrogens is 408 g/mol. The topological polar surface area (TPSA) is 95.3 Å². The van der Waals surface area contributed by atoms with Crippen molar-refractivity contribution in [3.8, 4) is 17.3 Å². The number of methoxy groups -OCH3 is 1. The minimum atomic E-state index is -0.420. The van der Waals surface area contributed by atoms with E-state index in [2.05, 4.69) is 10.4 Å². The molecule has 8 heteroatoms. The highest BCUT2D eigenvalue weighted by Gasteiger charge is 2.16. The number of nitrogens with zero attached hydrogens (tertiary/aromatic N) is 3. The van der Waals surface area contributed by atoms with Gasteiger partial charge >= 0.3 is 5.97 Å². The molecule has 0 saturated heterocycles. The number of ether oxygens (including phenoxy) is 2. The Morgan fingerprint density at radius 2 is 1.78 bits per heavy atom. The summed E-state index contributed by atoms with van der Waals surface area (Å²) in [6.07, 6.45) is 0. The number of hydrogen-bond donors (Lipinski definition) is 1. The van der Waals surface area contributed by atoms with Gasteiger partial charge in [0.15, 0.2) is 5.82 Å². The van der Waals surface area contributed by atoms with Gasteiger partial charge in [0.1, 0.15) is 22.8 Å². The Hall–Kier alpha value is -4.20. The number of para-hydroxylation sites is 1. The maximum absolute atomic E-state index is 12.8. The van der Waals surface area contributed by atoms with Crippen LogP contribution in [-0.2, 0) is 4.79 Å². The summed E-state index contributed by atoms with van der Waals surface area (Å²) in [5.41, 5.74) is 2.87. The maximum Gasteiger partial charge on any atom is 0.308 e. The Labute approximate surface area is 184 Å². The summed E-state index contributed by atoms with van der Waals surface area (Å²) in [4.78, 5) is 28.6. The van der Waals surface area contributed by atoms with Crippen LogP contribution in [0.2, 0.25) is 0 Å². The summed E-state index contributed by atoms with van der Waals surface area (Å²) in [6, 6.07) is 15.8. The molecule has 4 rings (SSSR count). The van der Waals surface area contributed by atoms with Gasteiger partial charge in [-0.15, -0.1) is 0 Å². The van der Waals surface area contributed by atoms with Crippen LogP contribution in [0.1, 0.15) is 28.5 Å². The lowest BCUT2D eigenvalue weighted by Crippen LogP contribution is -2.15. The van der Waals surface area contributed by atoms with E-state index in [1.165, 1.54) is 6.92 Å². The smallest absolute Gasteiger partial charge is 0.308 e. The van der Waals surface area contributed by atoms with Crippen LogP contribution in [0.25, 0.3) is 16.7 Å². The molecule has 0 aliphatic heterocycles. The second kappa shape index (κ2) is 8.50. The fourth-order valence-electron chi connectivity index (χ4n) is 3.44. The number of rotatable bonds is 5. The van der Waals surface area contributed by atoms with Crippen LogP contribution in [0, 0.1) is 13.8 Å². The van der Waals surface area contributed by atoms with E-state index in [0.717, 1.165) is 22.2 Å². The van der Waals surface area contributed by atoms with E-state index in [1.807, 2.05) is 38.1 Å². The van der Waals surface area contributed by atoms with Crippen molar-refractivity contribution in [3.05, 3.63) is 71.4 Å². The van der Waals surface area contributed by atoms with Crippen LogP contribution < -0.4 is 14.8 Å². The fourth-order valence-corrected chi connectivity index (χ4v) is 3.44. The minimum Gasteiger partial charge on any atom is -0.494 e. The van der Waals surface area contributed by atoms with E-state index in [-0.39, 0.29) is 5.91 Å². The Morgan fingerprint density at radius 1 is 1.03 bits per heavy atom. The van der Waals surface area contributed by atoms with E-state index in [4.69, 9.17) is 14.5 Å². The third-order valence-electron chi connectivity index (χ3n) is 4.88. The van der Waals surface area contributed by atoms with Gasteiger partial charge < -0.3 is 14.8 Å². The zero-order valence-corrected chi connectivity index (χ0v) is 18.2. The van der Waals surface area contributed by atoms with E-state index in [9.17, 15) is 9.59 Å². The molecule has 0 atom stereocenters. The highest BCUT2D eigenvalue weighted by atomic mass is 16.5. The van der Waals surface area contributed by atoms with E-state index in [1.54, 1.807) is 42.1 Å². The lowest BCUT2D eigenvalue weighted by molar-refractivity contribution is -0.131. The number of nitrogens with one attached hydrogen (secondary N) is 1. The molecule has 2 aromatic heterocycles. The van der Waals surface area contributed by atoms with Gasteiger partial charge in [-0.05, 0) is 55.8 Å². The van der Waals surface area contributed by atoms with Crippen LogP contribution in [0.3, 0.4) is 0 Å². The van der Waals surface area contributed by atoms with E-state index in [0.29, 0.717) is 28.7 Å². The predicted octanol–water partition coefficient (Wildman–Crippen LogP) is 4.22. The van der Waals surface area contributed by atoms with Crippen LogP contribution in [-0.4, -0.2) is 33.8 Å². The molecule has 0 bridgehead atoms. The zero-order valence-electron chi connectivity index (χ0n) is 18.2. The molecule has 2 heterocycles. The van der Waals surface area contributed by atoms with Crippen molar-refractivity contribution >= 4 is 28.6 Å². The van der Waals surface area contributed by atoms with Gasteiger partial charge in [0.2, 0.25) is 0 Å². The summed E-state index contributed by atoms with van der Waals surface area (Å²) < 4.78 is 12.1. The summed E-state index contributed by atoms with van der Waals surface area (Å²) in [5, 5.41) is 8.39. The third kappa shape index (κ3) is 4.15. The molecule has 0 fully saturated rings. The number of carbonyl (C=O) groups excluding carboxylic acids is 2. The molecule has 1 N–H and O–H groups in total. The molecule has 162 valence electrons. The van der Waals surface area contributed by atoms with Gasteiger partial charge in [0, 0.05) is 23.9 Å². The first-order valence-electron chi connectivity index (χ1n) is 9.97. The van der Waals surface area contributed by atoms with E-state index < -0.39 is 5.97 Å². The Morgan fingerprint density at radius 3 is 2.47 bits per heavy atom. The quantitative estimate of drug-likeness (QED) is 0.376. The average Bonchev–Trinajstić information content (AvgIpc) is 3.13. The standard InChI is InChI=1S/C24H22N4O4/c1-14-12-21(25-23-19(14)6-5-7-20(23)31-4)28-22(13-15(2)27-28)26-24(30)17-8-10-18(11-9-17)32-16(3)29/h5-13H,1-4H3,(H,26,30). The Bertz CT molecular complexity index is 1330. The van der Waals surface area contributed by atoms with Crippen LogP contribution in [0.5, 0.6) is 11.5 Å². The van der Waals surface area contributed by atoms with Crippen LogP contribution in [0.15, 0.2) is 54.6 Å². The van der Waals surface area contributed by atoms with Crippen molar-refractivity contribution in [1.29, 1.82) is 0 Å². The SMILES string of the molecule is COc1cccc2c(C)cc(-n3nc(C)cc3NC(=O)c3ccc(OC(C)=O)cc3)nc12. The van der Waals surface area contributed by atoms with E-state index >= 15 is 0 Å². The Kier molecular flexibility index (Phi) is 5.59. The molecule has 0 aliphatic rings. The lowest BCUT2D eigenvalue weighted by atomic mass is 10.1. The van der Waals surface area contributed by atoms with Crippen molar-refractivity contribution in [2.75, 3.05) is 12.4 Å². The highest BCUT2D eigenvalue weighted by molar-refractivity contribution is 6.04. The number of anilines is 1. The van der Waals surface area contributed by atoms with Crippen molar-refractivity contribution in [3.63, 3.8) is 0 Å². The Balaban J connectivity index is 1.68. The van der Waals surface area contributed by atoms with Crippen molar-refractivity contribution < 1.29 is 19.1 Å². The largest absolute Gasteiger partial charge is 0.494 e. The number of amides is 1. The minimum absolute atomic E-state index is 0.324. The number of benzene rings is 2. The molecule has 8 nitrogen and oxygen atoms in total. The average molecular weight is 430 g/mol. The lowest BCUT2D eigenvalue weighted by Gasteiger charge is -2.12. The van der Waals surface area contributed by atoms with Gasteiger partial charge in [0.05, 0.1) is 12.8 Å². The van der Waals surface area contributed by atoms with Crippen molar-refractivity contribution in [1.82, 2.24) is 14.8 Å². The number of hydrogen-bond acceptors (Lipinski definition) is 6. The van der Waals surface area contributed by atoms with Gasteiger partial charge in [-0.2, -0.15) is 9.78 Å². The molecule has 0 aliphatic carbocycles. The molecular formula is C24H22N4O4. The molecule has 0 unspecified atom stereocenters. The second-order valence-corrected chi connectivity index (χ2v) is 7.31. The van der Waals surface area contributed by atoms with Gasteiger partial charge in [-0.1, -0.05) is 12.1 Å². The zero-order chi connectivity index (χ0) is 22.8. The number of fused-ring (bicyclic) bond motifs is 1. The summed E-state index contributed by atoms with van der Waals surface area (Å²) in [7, 11) is 1.61. The number of esters is 1. The molecule has 32 heavy (non-hydrogen) atoms. The molecule has 2 aromatic carbocycles. The fraction of sp³-hybridized carbons (Fsp3) is 0.167. The van der Waals surface area contributed by atoms with Crippen LogP contribution in [0.4, 0.5) is 5.82 Å². The summed E-state index contributed by atoms with van der Waals surface area (Å²) in [5.74, 6) is 1.34. The maximum atomic E-state index is 12.8. The normalized spacial score (nSPS) is 10.8. The number of carbonyl (C=O) groups is 2. The predicted molar refractivity (Wildman–Crippen MR) is 121 cm³/mol. The first kappa shape index (κ1) is 21.0. The summed E-state index contributed by atoms with van der Waals surface area (Å²) >= 11 is 0. The van der Waals surface area contributed by atoms with Gasteiger partial charge in [-0.3, -0.25) is 9.59 Å². The first-order valence-corrected chi connectivity index (χ1v) is 9.97. The monoisotopic (exact) mass is 430 g/mol. The highest BCUT2D eigenvalue weighted by Crippen LogP contribution is 2.28. The molecule has 0 radical (unpaired) electrons. The van der Waals surface area contributed by atoms with Crippen molar-refractivity contribution in [2.45, 2.75) is 20.8 Å². The number of aryl methyl sites for hydroxylation is 2. The summed E-state index contributed by atoms with van der Waals surface area (Å²) in [6.45, 7) is 5.16. The number of aromatic nitrogens is 3. The van der Waals surface area contributed by atoms with Crippen LogP contribution >= 0.6 is 0 Å². The molecule has 0 spiro atoms. The number of pyridine rings is 1. The molecule has 1 amide bonds. The van der Waals surface area contributed by atoms with Crippen molar-refractivity contribution in [2.24, 2.45) is 0 Å². The molecule has 4 aromatic rings. The third-order valence-corrected chi connectivity index (χ3v) is 4.88.